The lowest BCUT2D eigenvalue weighted by molar-refractivity contribution is 0.277. The summed E-state index contributed by atoms with van der Waals surface area (Å²) >= 11 is 0. The van der Waals surface area contributed by atoms with Gasteiger partial charge in [-0.15, -0.1) is 0 Å². The van der Waals surface area contributed by atoms with Crippen molar-refractivity contribution in [2.24, 2.45) is 5.92 Å². The number of unbranched alkanes of at least 4 members (excludes halogenated alkanes) is 3. The summed E-state index contributed by atoms with van der Waals surface area (Å²) in [7, 11) is 0. The summed E-state index contributed by atoms with van der Waals surface area (Å²) in [6, 6.07) is 0. The molecule has 0 heterocycles. The molecule has 0 aromatic carbocycles. The zero-order chi connectivity index (χ0) is 9.23. The van der Waals surface area contributed by atoms with E-state index in [9.17, 15) is 0 Å². The number of aliphatic hydroxyl groups excluding tert-OH is 1. The summed E-state index contributed by atoms with van der Waals surface area (Å²) in [6.07, 6.45) is 8.94. The summed E-state index contributed by atoms with van der Waals surface area (Å²) in [4.78, 5) is 0. The SMILES string of the molecule is CCCCC[C@H](C)CCCCO. The monoisotopic (exact) mass is 172 g/mol. The standard InChI is InChI=1S/C11H24O/c1-3-4-5-8-11(2)9-6-7-10-12/h11-12H,3-10H2,1-2H3/t11-/m0/s1. The molecule has 1 heteroatoms. The van der Waals surface area contributed by atoms with Gasteiger partial charge in [0, 0.05) is 6.61 Å². The third-order valence-corrected chi connectivity index (χ3v) is 2.41. The molecule has 0 spiro atoms. The highest BCUT2D eigenvalue weighted by Gasteiger charge is 2.00. The van der Waals surface area contributed by atoms with Gasteiger partial charge in [0.05, 0.1) is 0 Å². The Morgan fingerprint density at radius 3 is 2.08 bits per heavy atom. The molecule has 74 valence electrons. The first-order valence-electron chi connectivity index (χ1n) is 5.42. The lowest BCUT2D eigenvalue weighted by Gasteiger charge is -2.09. The average Bonchev–Trinajstić information content (AvgIpc) is 2.06. The van der Waals surface area contributed by atoms with E-state index in [4.69, 9.17) is 5.11 Å². The third-order valence-electron chi connectivity index (χ3n) is 2.41. The highest BCUT2D eigenvalue weighted by atomic mass is 16.2. The van der Waals surface area contributed by atoms with Crippen molar-refractivity contribution >= 4 is 0 Å². The van der Waals surface area contributed by atoms with Gasteiger partial charge in [0.15, 0.2) is 0 Å². The van der Waals surface area contributed by atoms with Crippen molar-refractivity contribution in [3.63, 3.8) is 0 Å². The average molecular weight is 172 g/mol. The number of rotatable bonds is 8. The maximum absolute atomic E-state index is 8.59. The Kier molecular flexibility index (Phi) is 9.02. The predicted octanol–water partition coefficient (Wildman–Crippen LogP) is 3.37. The van der Waals surface area contributed by atoms with Gasteiger partial charge < -0.3 is 5.11 Å². The molecular formula is C11H24O. The molecule has 0 saturated heterocycles. The van der Waals surface area contributed by atoms with Crippen molar-refractivity contribution in [3.8, 4) is 0 Å². The molecule has 0 radical (unpaired) electrons. The fraction of sp³-hybridized carbons (Fsp3) is 1.00. The van der Waals surface area contributed by atoms with Crippen LogP contribution in [0, 0.1) is 5.92 Å². The number of hydrogen-bond acceptors (Lipinski definition) is 1. The van der Waals surface area contributed by atoms with Crippen molar-refractivity contribution in [2.45, 2.75) is 58.8 Å². The summed E-state index contributed by atoms with van der Waals surface area (Å²) in [5.74, 6) is 0.864. The zero-order valence-electron chi connectivity index (χ0n) is 8.68. The summed E-state index contributed by atoms with van der Waals surface area (Å²) in [6.45, 7) is 4.94. The molecule has 1 atom stereocenters. The van der Waals surface area contributed by atoms with E-state index >= 15 is 0 Å². The summed E-state index contributed by atoms with van der Waals surface area (Å²) in [5, 5.41) is 8.59. The smallest absolute Gasteiger partial charge is 0.0431 e. The quantitative estimate of drug-likeness (QED) is 0.557. The van der Waals surface area contributed by atoms with Crippen LogP contribution in [0.2, 0.25) is 0 Å². The molecule has 0 fully saturated rings. The molecule has 12 heavy (non-hydrogen) atoms. The Balaban J connectivity index is 3.04. The maximum atomic E-state index is 8.59. The molecule has 0 aromatic rings. The molecular weight excluding hydrogens is 148 g/mol. The van der Waals surface area contributed by atoms with Crippen molar-refractivity contribution in [3.05, 3.63) is 0 Å². The lowest BCUT2D eigenvalue weighted by Crippen LogP contribution is -1.95. The minimum absolute atomic E-state index is 0.363. The van der Waals surface area contributed by atoms with Crippen LogP contribution in [-0.2, 0) is 0 Å². The van der Waals surface area contributed by atoms with Crippen LogP contribution >= 0.6 is 0 Å². The molecule has 0 aliphatic carbocycles. The van der Waals surface area contributed by atoms with Crippen molar-refractivity contribution in [2.75, 3.05) is 6.61 Å². The van der Waals surface area contributed by atoms with Crippen LogP contribution in [0.15, 0.2) is 0 Å². The van der Waals surface area contributed by atoms with Crippen LogP contribution in [0.3, 0.4) is 0 Å². The van der Waals surface area contributed by atoms with E-state index in [2.05, 4.69) is 13.8 Å². The Labute approximate surface area is 77.2 Å². The van der Waals surface area contributed by atoms with E-state index in [1.807, 2.05) is 0 Å². The van der Waals surface area contributed by atoms with E-state index in [1.54, 1.807) is 0 Å². The van der Waals surface area contributed by atoms with Crippen LogP contribution in [0.25, 0.3) is 0 Å². The van der Waals surface area contributed by atoms with E-state index in [0.29, 0.717) is 6.61 Å². The molecule has 0 unspecified atom stereocenters. The van der Waals surface area contributed by atoms with Crippen LogP contribution in [-0.4, -0.2) is 11.7 Å². The number of hydrogen-bond donors (Lipinski definition) is 1. The van der Waals surface area contributed by atoms with Gasteiger partial charge in [0.2, 0.25) is 0 Å². The van der Waals surface area contributed by atoms with Gasteiger partial charge in [-0.3, -0.25) is 0 Å². The highest BCUT2D eigenvalue weighted by Crippen LogP contribution is 2.15. The van der Waals surface area contributed by atoms with Gasteiger partial charge in [0.25, 0.3) is 0 Å². The van der Waals surface area contributed by atoms with Gasteiger partial charge in [-0.2, -0.15) is 0 Å². The Hall–Kier alpha value is -0.0400. The van der Waals surface area contributed by atoms with Gasteiger partial charge in [-0.05, 0) is 12.3 Å². The molecule has 0 aliphatic rings. The molecule has 0 rings (SSSR count). The van der Waals surface area contributed by atoms with Gasteiger partial charge in [-0.25, -0.2) is 0 Å². The van der Waals surface area contributed by atoms with E-state index in [0.717, 1.165) is 12.3 Å². The van der Waals surface area contributed by atoms with E-state index in [-0.39, 0.29) is 0 Å². The van der Waals surface area contributed by atoms with E-state index < -0.39 is 0 Å². The fourth-order valence-corrected chi connectivity index (χ4v) is 1.49. The molecule has 0 aliphatic heterocycles. The largest absolute Gasteiger partial charge is 0.396 e. The lowest BCUT2D eigenvalue weighted by atomic mass is 9.97. The second-order valence-electron chi connectivity index (χ2n) is 3.82. The van der Waals surface area contributed by atoms with Crippen molar-refractivity contribution < 1.29 is 5.11 Å². The molecule has 0 aromatic heterocycles. The molecule has 0 amide bonds. The summed E-state index contributed by atoms with van der Waals surface area (Å²) < 4.78 is 0. The first-order chi connectivity index (χ1) is 5.81. The minimum Gasteiger partial charge on any atom is -0.396 e. The third kappa shape index (κ3) is 8.06. The molecule has 1 nitrogen and oxygen atoms in total. The Morgan fingerprint density at radius 1 is 1.00 bits per heavy atom. The first-order valence-corrected chi connectivity index (χ1v) is 5.42. The minimum atomic E-state index is 0.363. The predicted molar refractivity (Wildman–Crippen MR) is 54.2 cm³/mol. The maximum Gasteiger partial charge on any atom is 0.0431 e. The van der Waals surface area contributed by atoms with E-state index in [1.165, 1.54) is 38.5 Å². The van der Waals surface area contributed by atoms with Crippen molar-refractivity contribution in [1.82, 2.24) is 0 Å². The summed E-state index contributed by atoms with van der Waals surface area (Å²) in [5.41, 5.74) is 0. The second-order valence-corrected chi connectivity index (χ2v) is 3.82. The molecule has 0 saturated carbocycles. The topological polar surface area (TPSA) is 20.2 Å². The van der Waals surface area contributed by atoms with Crippen LogP contribution in [0.1, 0.15) is 58.8 Å². The van der Waals surface area contributed by atoms with Gasteiger partial charge in [0.1, 0.15) is 0 Å². The van der Waals surface area contributed by atoms with Crippen LogP contribution in [0.5, 0.6) is 0 Å². The second kappa shape index (κ2) is 9.05. The van der Waals surface area contributed by atoms with Gasteiger partial charge in [-0.1, -0.05) is 52.4 Å². The Bertz CT molecular complexity index is 71.1. The molecule has 1 N–H and O–H groups in total. The van der Waals surface area contributed by atoms with Gasteiger partial charge >= 0.3 is 0 Å². The Morgan fingerprint density at radius 2 is 1.58 bits per heavy atom. The number of aliphatic hydroxyl groups is 1. The highest BCUT2D eigenvalue weighted by molar-refractivity contribution is 4.53. The van der Waals surface area contributed by atoms with Crippen LogP contribution in [0.4, 0.5) is 0 Å². The fourth-order valence-electron chi connectivity index (χ4n) is 1.49. The van der Waals surface area contributed by atoms with Crippen molar-refractivity contribution in [1.29, 1.82) is 0 Å². The molecule has 0 bridgehead atoms. The normalized spacial score (nSPS) is 13.2. The van der Waals surface area contributed by atoms with Crippen LogP contribution < -0.4 is 0 Å². The zero-order valence-corrected chi connectivity index (χ0v) is 8.68. The first kappa shape index (κ1) is 12.0.